The van der Waals surface area contributed by atoms with Crippen molar-refractivity contribution in [3.63, 3.8) is 0 Å². The van der Waals surface area contributed by atoms with Crippen molar-refractivity contribution in [3.05, 3.63) is 29.3 Å². The van der Waals surface area contributed by atoms with Crippen LogP contribution >= 0.6 is 11.6 Å². The van der Waals surface area contributed by atoms with Crippen molar-refractivity contribution in [2.45, 2.75) is 37.0 Å². The molecule has 1 aromatic rings. The number of alkyl halides is 1. The second kappa shape index (κ2) is 5.43. The van der Waals surface area contributed by atoms with Gasteiger partial charge in [0, 0.05) is 19.0 Å². The molecule has 0 aliphatic heterocycles. The molecule has 1 aliphatic rings. The van der Waals surface area contributed by atoms with Crippen LogP contribution in [0.5, 0.6) is 0 Å². The first-order valence-corrected chi connectivity index (χ1v) is 8.36. The van der Waals surface area contributed by atoms with Crippen molar-refractivity contribution in [1.29, 1.82) is 0 Å². The average Bonchev–Trinajstić information content (AvgIpc) is 2.26. The van der Waals surface area contributed by atoms with Gasteiger partial charge in [-0.05, 0) is 44.2 Å². The van der Waals surface area contributed by atoms with Gasteiger partial charge in [0.05, 0.1) is 4.90 Å². The molecular formula is C14H20ClNO2S. The van der Waals surface area contributed by atoms with E-state index in [0.717, 1.165) is 24.0 Å². The minimum Gasteiger partial charge on any atom is -0.207 e. The van der Waals surface area contributed by atoms with E-state index in [-0.39, 0.29) is 5.38 Å². The third kappa shape index (κ3) is 3.12. The Kier molecular flexibility index (Phi) is 4.23. The molecule has 0 spiro atoms. The number of sulfonamides is 1. The summed E-state index contributed by atoms with van der Waals surface area (Å²) in [7, 11) is -1.74. The SMILES string of the molecule is Cc1ccc(S(=O)(=O)N(C)CC2CC(Cl)C2)c(C)c1. The summed E-state index contributed by atoms with van der Waals surface area (Å²) in [5.41, 5.74) is 1.87. The second-order valence-corrected chi connectivity index (χ2v) is 8.12. The molecule has 1 aliphatic carbocycles. The monoisotopic (exact) mass is 301 g/mol. The van der Waals surface area contributed by atoms with Crippen LogP contribution in [0.4, 0.5) is 0 Å². The summed E-state index contributed by atoms with van der Waals surface area (Å²) in [5, 5.41) is 0.224. The zero-order valence-corrected chi connectivity index (χ0v) is 13.1. The highest BCUT2D eigenvalue weighted by atomic mass is 35.5. The zero-order valence-electron chi connectivity index (χ0n) is 11.6. The molecule has 3 nitrogen and oxygen atoms in total. The largest absolute Gasteiger partial charge is 0.243 e. The van der Waals surface area contributed by atoms with E-state index in [9.17, 15) is 8.42 Å². The lowest BCUT2D eigenvalue weighted by Crippen LogP contribution is -2.38. The molecule has 0 heterocycles. The maximum Gasteiger partial charge on any atom is 0.243 e. The molecular weight excluding hydrogens is 282 g/mol. The molecule has 1 aromatic carbocycles. The normalized spacial score (nSPS) is 23.4. The van der Waals surface area contributed by atoms with Crippen LogP contribution in [-0.2, 0) is 10.0 Å². The van der Waals surface area contributed by atoms with Crippen molar-refractivity contribution in [1.82, 2.24) is 4.31 Å². The molecule has 1 fully saturated rings. The number of hydrogen-bond donors (Lipinski definition) is 0. The Hall–Kier alpha value is -0.580. The number of nitrogens with zero attached hydrogens (tertiary/aromatic N) is 1. The molecule has 0 atom stereocenters. The van der Waals surface area contributed by atoms with Crippen LogP contribution in [0, 0.1) is 19.8 Å². The minimum atomic E-state index is -3.38. The van der Waals surface area contributed by atoms with Crippen molar-refractivity contribution in [2.24, 2.45) is 5.92 Å². The fourth-order valence-corrected chi connectivity index (χ4v) is 4.47. The number of benzene rings is 1. The molecule has 19 heavy (non-hydrogen) atoms. The molecule has 1 saturated carbocycles. The van der Waals surface area contributed by atoms with Gasteiger partial charge in [-0.2, -0.15) is 0 Å². The summed E-state index contributed by atoms with van der Waals surface area (Å²) in [6.45, 7) is 4.35. The number of rotatable bonds is 4. The lowest BCUT2D eigenvalue weighted by molar-refractivity contribution is 0.268. The molecule has 106 valence electrons. The molecule has 0 bridgehead atoms. The molecule has 0 N–H and O–H groups in total. The van der Waals surface area contributed by atoms with Crippen molar-refractivity contribution in [3.8, 4) is 0 Å². The summed E-state index contributed by atoms with van der Waals surface area (Å²) in [4.78, 5) is 0.405. The fourth-order valence-electron chi connectivity index (χ4n) is 2.52. The van der Waals surface area contributed by atoms with Crippen LogP contribution in [0.1, 0.15) is 24.0 Å². The van der Waals surface area contributed by atoms with Crippen LogP contribution in [0.15, 0.2) is 23.1 Å². The van der Waals surface area contributed by atoms with Crippen molar-refractivity contribution in [2.75, 3.05) is 13.6 Å². The summed E-state index contributed by atoms with van der Waals surface area (Å²) < 4.78 is 26.5. The highest BCUT2D eigenvalue weighted by Gasteiger charge is 2.32. The van der Waals surface area contributed by atoms with E-state index in [0.29, 0.717) is 17.4 Å². The van der Waals surface area contributed by atoms with E-state index >= 15 is 0 Å². The molecule has 5 heteroatoms. The van der Waals surface area contributed by atoms with E-state index in [1.54, 1.807) is 13.1 Å². The van der Waals surface area contributed by atoms with Gasteiger partial charge in [-0.25, -0.2) is 12.7 Å². The molecule has 0 amide bonds. The van der Waals surface area contributed by atoms with E-state index < -0.39 is 10.0 Å². The number of aryl methyl sites for hydroxylation is 2. The van der Waals surface area contributed by atoms with E-state index in [1.807, 2.05) is 26.0 Å². The smallest absolute Gasteiger partial charge is 0.207 e. The van der Waals surface area contributed by atoms with Gasteiger partial charge in [0.15, 0.2) is 0 Å². The van der Waals surface area contributed by atoms with Crippen LogP contribution in [0.25, 0.3) is 0 Å². The van der Waals surface area contributed by atoms with E-state index in [4.69, 9.17) is 11.6 Å². The minimum absolute atomic E-state index is 0.224. The lowest BCUT2D eigenvalue weighted by atomic mass is 9.85. The van der Waals surface area contributed by atoms with Crippen LogP contribution < -0.4 is 0 Å². The van der Waals surface area contributed by atoms with E-state index in [2.05, 4.69) is 0 Å². The molecule has 0 saturated heterocycles. The van der Waals surface area contributed by atoms with Gasteiger partial charge in [0.1, 0.15) is 0 Å². The summed E-state index contributed by atoms with van der Waals surface area (Å²) in [6, 6.07) is 5.44. The average molecular weight is 302 g/mol. The Morgan fingerprint density at radius 2 is 1.95 bits per heavy atom. The second-order valence-electron chi connectivity index (χ2n) is 5.49. The highest BCUT2D eigenvalue weighted by molar-refractivity contribution is 7.89. The third-order valence-corrected chi connectivity index (χ3v) is 6.05. The first kappa shape index (κ1) is 14.8. The Balaban J connectivity index is 2.16. The summed E-state index contributed by atoms with van der Waals surface area (Å²) in [6.07, 6.45) is 1.82. The fraction of sp³-hybridized carbons (Fsp3) is 0.571. The zero-order chi connectivity index (χ0) is 14.2. The van der Waals surface area contributed by atoms with Gasteiger partial charge in [0.2, 0.25) is 10.0 Å². The van der Waals surface area contributed by atoms with Gasteiger partial charge in [-0.15, -0.1) is 11.6 Å². The van der Waals surface area contributed by atoms with Crippen LogP contribution in [-0.4, -0.2) is 31.7 Å². The first-order chi connectivity index (χ1) is 8.80. The van der Waals surface area contributed by atoms with Crippen molar-refractivity contribution >= 4 is 21.6 Å². The Labute approximate surface area is 120 Å². The molecule has 0 unspecified atom stereocenters. The van der Waals surface area contributed by atoms with Gasteiger partial charge in [-0.3, -0.25) is 0 Å². The maximum absolute atomic E-state index is 12.5. The summed E-state index contributed by atoms with van der Waals surface area (Å²) in [5.74, 6) is 0.396. The van der Waals surface area contributed by atoms with Gasteiger partial charge in [0.25, 0.3) is 0 Å². The first-order valence-electron chi connectivity index (χ1n) is 6.48. The van der Waals surface area contributed by atoms with Gasteiger partial charge in [-0.1, -0.05) is 17.7 Å². The van der Waals surface area contributed by atoms with E-state index in [1.165, 1.54) is 4.31 Å². The highest BCUT2D eigenvalue weighted by Crippen LogP contribution is 2.33. The lowest BCUT2D eigenvalue weighted by Gasteiger charge is -2.33. The van der Waals surface area contributed by atoms with Crippen LogP contribution in [0.3, 0.4) is 0 Å². The topological polar surface area (TPSA) is 37.4 Å². The Bertz CT molecular complexity index is 565. The Morgan fingerprint density at radius 1 is 1.32 bits per heavy atom. The quantitative estimate of drug-likeness (QED) is 0.802. The summed E-state index contributed by atoms with van der Waals surface area (Å²) >= 11 is 5.93. The predicted molar refractivity (Wildman–Crippen MR) is 78.1 cm³/mol. The number of hydrogen-bond acceptors (Lipinski definition) is 2. The molecule has 0 aromatic heterocycles. The molecule has 2 rings (SSSR count). The predicted octanol–water partition coefficient (Wildman–Crippen LogP) is 2.94. The number of halogens is 1. The third-order valence-electron chi connectivity index (χ3n) is 3.71. The maximum atomic E-state index is 12.5. The molecule has 0 radical (unpaired) electrons. The standard InChI is InChI=1S/C14H20ClNO2S/c1-10-4-5-14(11(2)6-10)19(17,18)16(3)9-12-7-13(15)8-12/h4-6,12-13H,7-9H2,1-3H3. The Morgan fingerprint density at radius 3 is 2.47 bits per heavy atom. The van der Waals surface area contributed by atoms with Gasteiger partial charge < -0.3 is 0 Å². The van der Waals surface area contributed by atoms with Crippen molar-refractivity contribution < 1.29 is 8.42 Å². The van der Waals surface area contributed by atoms with Gasteiger partial charge >= 0.3 is 0 Å². The van der Waals surface area contributed by atoms with Crippen LogP contribution in [0.2, 0.25) is 0 Å².